The SMILES string of the molecule is CCOC(=O)C1=C(CN2CCN(C(=O)CC)CC2)N(C)C(=O)NC1c1cc(C)ccc1C. The van der Waals surface area contributed by atoms with Crippen LogP contribution in [0.2, 0.25) is 0 Å². The van der Waals surface area contributed by atoms with Crippen LogP contribution < -0.4 is 5.32 Å². The van der Waals surface area contributed by atoms with Gasteiger partial charge in [-0.1, -0.05) is 30.7 Å². The lowest BCUT2D eigenvalue weighted by Gasteiger charge is -2.39. The highest BCUT2D eigenvalue weighted by atomic mass is 16.5. The molecule has 1 saturated heterocycles. The summed E-state index contributed by atoms with van der Waals surface area (Å²) in [6.45, 7) is 11.0. The zero-order valence-corrected chi connectivity index (χ0v) is 19.7. The number of benzene rings is 1. The van der Waals surface area contributed by atoms with Gasteiger partial charge >= 0.3 is 12.0 Å². The molecule has 32 heavy (non-hydrogen) atoms. The van der Waals surface area contributed by atoms with Crippen LogP contribution in [0.1, 0.15) is 43.0 Å². The van der Waals surface area contributed by atoms with Gasteiger partial charge in [0, 0.05) is 51.9 Å². The monoisotopic (exact) mass is 442 g/mol. The van der Waals surface area contributed by atoms with Gasteiger partial charge in [-0.25, -0.2) is 9.59 Å². The van der Waals surface area contributed by atoms with Crippen molar-refractivity contribution in [1.82, 2.24) is 20.0 Å². The molecule has 2 aliphatic rings. The fourth-order valence-electron chi connectivity index (χ4n) is 4.29. The standard InChI is InChI=1S/C24H34N4O4/c1-6-20(29)28-12-10-27(11-13-28)15-19-21(23(30)32-7-2)22(25-24(31)26(19)5)18-14-16(3)8-9-17(18)4/h8-9,14,22H,6-7,10-13,15H2,1-5H3,(H,25,31). The van der Waals surface area contributed by atoms with Gasteiger partial charge in [0.2, 0.25) is 5.91 Å². The number of carbonyl (C=O) groups is 3. The summed E-state index contributed by atoms with van der Waals surface area (Å²) in [4.78, 5) is 43.6. The third-order valence-electron chi connectivity index (χ3n) is 6.22. The lowest BCUT2D eigenvalue weighted by molar-refractivity contribution is -0.139. The molecule has 0 aliphatic carbocycles. The van der Waals surface area contributed by atoms with Crippen molar-refractivity contribution in [3.8, 4) is 0 Å². The van der Waals surface area contributed by atoms with E-state index in [1.807, 2.05) is 43.9 Å². The molecule has 1 fully saturated rings. The molecule has 1 aromatic rings. The van der Waals surface area contributed by atoms with Crippen LogP contribution >= 0.6 is 0 Å². The molecule has 2 heterocycles. The average molecular weight is 443 g/mol. The number of amides is 3. The Balaban J connectivity index is 1.97. The molecule has 0 radical (unpaired) electrons. The fraction of sp³-hybridized carbons (Fsp3) is 0.542. The minimum absolute atomic E-state index is 0.153. The predicted octanol–water partition coefficient (Wildman–Crippen LogP) is 2.37. The highest BCUT2D eigenvalue weighted by Crippen LogP contribution is 2.33. The number of hydrogen-bond donors (Lipinski definition) is 1. The van der Waals surface area contributed by atoms with E-state index in [2.05, 4.69) is 10.2 Å². The van der Waals surface area contributed by atoms with Gasteiger partial charge in [-0.15, -0.1) is 0 Å². The van der Waals surface area contributed by atoms with E-state index in [0.717, 1.165) is 16.7 Å². The molecule has 1 atom stereocenters. The van der Waals surface area contributed by atoms with E-state index in [1.54, 1.807) is 14.0 Å². The Bertz CT molecular complexity index is 919. The summed E-state index contributed by atoms with van der Waals surface area (Å²) in [6, 6.07) is 5.20. The molecule has 1 N–H and O–H groups in total. The van der Waals surface area contributed by atoms with Gasteiger partial charge in [0.25, 0.3) is 0 Å². The van der Waals surface area contributed by atoms with Crippen LogP contribution in [-0.4, -0.2) is 79.0 Å². The van der Waals surface area contributed by atoms with Crippen LogP contribution in [0.5, 0.6) is 0 Å². The number of nitrogens with one attached hydrogen (secondary N) is 1. The van der Waals surface area contributed by atoms with Crippen molar-refractivity contribution in [2.75, 3.05) is 46.4 Å². The normalized spacial score (nSPS) is 19.8. The van der Waals surface area contributed by atoms with Gasteiger partial charge < -0.3 is 15.0 Å². The van der Waals surface area contributed by atoms with E-state index in [4.69, 9.17) is 4.74 Å². The Labute approximate surface area is 190 Å². The molecule has 3 amide bonds. The number of ether oxygens (including phenoxy) is 1. The maximum Gasteiger partial charge on any atom is 0.338 e. The van der Waals surface area contributed by atoms with E-state index in [-0.39, 0.29) is 18.5 Å². The number of esters is 1. The highest BCUT2D eigenvalue weighted by molar-refractivity contribution is 5.95. The lowest BCUT2D eigenvalue weighted by Crippen LogP contribution is -2.53. The largest absolute Gasteiger partial charge is 0.463 e. The first kappa shape index (κ1) is 23.8. The van der Waals surface area contributed by atoms with E-state index in [1.165, 1.54) is 4.90 Å². The van der Waals surface area contributed by atoms with E-state index < -0.39 is 12.0 Å². The van der Waals surface area contributed by atoms with E-state index in [0.29, 0.717) is 50.4 Å². The average Bonchev–Trinajstić information content (AvgIpc) is 2.78. The molecular formula is C24H34N4O4. The van der Waals surface area contributed by atoms with Crippen molar-refractivity contribution >= 4 is 17.9 Å². The third-order valence-corrected chi connectivity index (χ3v) is 6.22. The number of nitrogens with zero attached hydrogens (tertiary/aromatic N) is 3. The molecule has 1 aromatic carbocycles. The number of rotatable bonds is 6. The van der Waals surface area contributed by atoms with Crippen molar-refractivity contribution in [3.63, 3.8) is 0 Å². The van der Waals surface area contributed by atoms with Crippen molar-refractivity contribution in [1.29, 1.82) is 0 Å². The Kier molecular flexibility index (Phi) is 7.56. The van der Waals surface area contributed by atoms with Crippen molar-refractivity contribution in [2.45, 2.75) is 40.2 Å². The molecule has 1 unspecified atom stereocenters. The summed E-state index contributed by atoms with van der Waals surface area (Å²) in [6.07, 6.45) is 0.499. The van der Waals surface area contributed by atoms with Crippen LogP contribution in [0, 0.1) is 13.8 Å². The number of likely N-dealkylation sites (N-methyl/N-ethyl adjacent to an activating group) is 1. The number of piperazine rings is 1. The van der Waals surface area contributed by atoms with Crippen LogP contribution in [0.15, 0.2) is 29.5 Å². The van der Waals surface area contributed by atoms with Crippen LogP contribution in [-0.2, 0) is 14.3 Å². The molecule has 0 spiro atoms. The Morgan fingerprint density at radius 2 is 1.81 bits per heavy atom. The van der Waals surface area contributed by atoms with Crippen LogP contribution in [0.25, 0.3) is 0 Å². The number of urea groups is 1. The third kappa shape index (κ3) is 4.96. The predicted molar refractivity (Wildman–Crippen MR) is 122 cm³/mol. The fourth-order valence-corrected chi connectivity index (χ4v) is 4.29. The van der Waals surface area contributed by atoms with E-state index in [9.17, 15) is 14.4 Å². The molecule has 0 aromatic heterocycles. The lowest BCUT2D eigenvalue weighted by atomic mass is 9.90. The zero-order valence-electron chi connectivity index (χ0n) is 19.7. The summed E-state index contributed by atoms with van der Waals surface area (Å²) >= 11 is 0. The van der Waals surface area contributed by atoms with Gasteiger partial charge in [0.05, 0.1) is 18.2 Å². The summed E-state index contributed by atoms with van der Waals surface area (Å²) in [7, 11) is 1.68. The quantitative estimate of drug-likeness (QED) is 0.684. The van der Waals surface area contributed by atoms with Gasteiger partial charge in [-0.05, 0) is 31.9 Å². The molecule has 2 aliphatic heterocycles. The molecule has 3 rings (SSSR count). The number of hydrogen-bond acceptors (Lipinski definition) is 5. The smallest absolute Gasteiger partial charge is 0.338 e. The minimum Gasteiger partial charge on any atom is -0.463 e. The first-order valence-corrected chi connectivity index (χ1v) is 11.3. The molecule has 8 nitrogen and oxygen atoms in total. The Hall–Kier alpha value is -2.87. The maximum atomic E-state index is 13.1. The second-order valence-electron chi connectivity index (χ2n) is 8.39. The Morgan fingerprint density at radius 1 is 1.12 bits per heavy atom. The van der Waals surface area contributed by atoms with Crippen molar-refractivity contribution in [2.24, 2.45) is 0 Å². The molecule has 8 heteroatoms. The van der Waals surface area contributed by atoms with Crippen LogP contribution in [0.4, 0.5) is 4.79 Å². The minimum atomic E-state index is -0.574. The number of carbonyl (C=O) groups excluding carboxylic acids is 3. The zero-order chi connectivity index (χ0) is 23.4. The van der Waals surface area contributed by atoms with Crippen LogP contribution in [0.3, 0.4) is 0 Å². The summed E-state index contributed by atoms with van der Waals surface area (Å²) in [5.74, 6) is -0.264. The van der Waals surface area contributed by atoms with Crippen molar-refractivity contribution < 1.29 is 19.1 Å². The summed E-state index contributed by atoms with van der Waals surface area (Å²) < 4.78 is 5.42. The topological polar surface area (TPSA) is 82.2 Å². The molecule has 174 valence electrons. The summed E-state index contributed by atoms with van der Waals surface area (Å²) in [5.41, 5.74) is 4.06. The second kappa shape index (κ2) is 10.2. The first-order valence-electron chi connectivity index (χ1n) is 11.3. The van der Waals surface area contributed by atoms with Crippen molar-refractivity contribution in [3.05, 3.63) is 46.2 Å². The van der Waals surface area contributed by atoms with Gasteiger partial charge in [-0.3, -0.25) is 14.6 Å². The number of aryl methyl sites for hydroxylation is 2. The molecular weight excluding hydrogens is 408 g/mol. The van der Waals surface area contributed by atoms with Gasteiger partial charge in [0.15, 0.2) is 0 Å². The first-order chi connectivity index (χ1) is 15.3. The van der Waals surface area contributed by atoms with E-state index >= 15 is 0 Å². The Morgan fingerprint density at radius 3 is 2.44 bits per heavy atom. The summed E-state index contributed by atoms with van der Waals surface area (Å²) in [5, 5.41) is 2.99. The maximum absolute atomic E-state index is 13.1. The van der Waals surface area contributed by atoms with Gasteiger partial charge in [-0.2, -0.15) is 0 Å². The second-order valence-corrected chi connectivity index (χ2v) is 8.39. The highest BCUT2D eigenvalue weighted by Gasteiger charge is 2.38. The molecule has 0 bridgehead atoms. The molecule has 0 saturated carbocycles. The van der Waals surface area contributed by atoms with Gasteiger partial charge in [0.1, 0.15) is 0 Å².